The molecule has 0 aliphatic heterocycles. The normalized spacial score (nSPS) is 10.4. The van der Waals surface area contributed by atoms with Crippen LogP contribution < -0.4 is 84.5 Å². The largest absolute Gasteiger partial charge is 0.497 e. The number of nitrogens with zero attached hydrogens (tertiary/aromatic N) is 15. The molecule has 0 aliphatic carbocycles. The molecule has 0 saturated carbocycles. The summed E-state index contributed by atoms with van der Waals surface area (Å²) in [6.45, 7) is 16.5. The second kappa shape index (κ2) is 50.0. The van der Waals surface area contributed by atoms with Gasteiger partial charge in [0.15, 0.2) is 0 Å². The molecule has 0 saturated heterocycles. The Balaban J connectivity index is 0.000000130. The molecule has 31 heteroatoms. The van der Waals surface area contributed by atoms with E-state index in [2.05, 4.69) is 200 Å². The number of methoxy groups -OCH3 is 1. The van der Waals surface area contributed by atoms with Crippen molar-refractivity contribution in [3.8, 4) is 5.75 Å². The number of aryl methyl sites for hydroxylation is 7. The Morgan fingerprint density at radius 3 is 0.628 bits per heavy atom. The van der Waals surface area contributed by atoms with E-state index in [4.69, 9.17) is 4.74 Å². The summed E-state index contributed by atoms with van der Waals surface area (Å²) < 4.78 is 5.22. The van der Waals surface area contributed by atoms with E-state index in [9.17, 15) is 0 Å². The molecule has 5 aromatic heterocycles. The molecule has 15 aromatic carbocycles. The molecule has 0 atom stereocenters. The molecule has 20 rings (SSSR count). The molecule has 0 radical (unpaired) electrons. The predicted molar refractivity (Wildman–Crippen MR) is 589 cm³/mol. The summed E-state index contributed by atoms with van der Waals surface area (Å²) in [6.07, 6.45) is 0. The Kier molecular flexibility index (Phi) is 33.8. The van der Waals surface area contributed by atoms with Crippen molar-refractivity contribution >= 4 is 175 Å². The highest BCUT2D eigenvalue weighted by atomic mass is 16.5. The molecule has 0 spiro atoms. The molecule has 20 aromatic rings. The van der Waals surface area contributed by atoms with Crippen molar-refractivity contribution in [1.29, 1.82) is 0 Å². The van der Waals surface area contributed by atoms with E-state index in [1.165, 1.54) is 16.7 Å². The number of ether oxygens (including phenoxy) is 1. The molecule has 0 unspecified atom stereocenters. The standard InChI is InChI=1S/C24H24N6O.2C23H22N6.2C22H20N6/c1-16-4-8-18(9-5-16)25-22-28-23(26-19-10-6-17(2)7-11-19)30-24(29-22)27-20-12-14-21(31-3)15-13-20;1-16-10-9-11-17(2)20(16)26-23-28-21(24-18-12-5-3-6-13-18)27-22(29-23)25-19-14-7-4-8-15-19;1-16-10-9-15-20(17(16)2)26-23-28-21(24-18-11-5-3-6-12-18)27-22(29-23)25-19-13-7-4-8-14-19;1-16-10-8-9-15-19(16)25-22-27-20(23-17-11-4-2-5-12-17)26-21(28-22)24-18-13-6-3-7-14-18;1-16-9-8-14-19(15-16)25-22-27-20(23-17-10-4-2-5-11-17)26-21(28-22)24-18-12-6-3-7-13-18/h4-15H,1-3H3,(H3,25,26,27,28,29,30);2*3-15H,1-2H3,(H3,24,25,26,27,28,29);2*2-15H,1H3,(H3,23,24,25,26,27,28). The summed E-state index contributed by atoms with van der Waals surface area (Å²) in [5, 5.41) is 48.8. The Morgan fingerprint density at radius 2 is 0.352 bits per heavy atom. The first kappa shape index (κ1) is 98.2. The van der Waals surface area contributed by atoms with Crippen LogP contribution >= 0.6 is 0 Å². The number of nitrogens with one attached hydrogen (secondary N) is 15. The Morgan fingerprint density at radius 1 is 0.152 bits per heavy atom. The Hall–Kier alpha value is -19.8. The predicted octanol–water partition coefficient (Wildman–Crippen LogP) is 28.0. The van der Waals surface area contributed by atoms with Gasteiger partial charge in [-0.15, -0.1) is 0 Å². The third-order valence-corrected chi connectivity index (χ3v) is 21.6. The third kappa shape index (κ3) is 30.8. The lowest BCUT2D eigenvalue weighted by molar-refractivity contribution is 0.415. The van der Waals surface area contributed by atoms with Crippen molar-refractivity contribution in [1.82, 2.24) is 74.8 Å². The molecule has 145 heavy (non-hydrogen) atoms. The minimum Gasteiger partial charge on any atom is -0.497 e. The van der Waals surface area contributed by atoms with E-state index < -0.39 is 0 Å². The van der Waals surface area contributed by atoms with Crippen molar-refractivity contribution < 1.29 is 4.74 Å². The summed E-state index contributed by atoms with van der Waals surface area (Å²) >= 11 is 0. The van der Waals surface area contributed by atoms with Crippen LogP contribution in [0.25, 0.3) is 0 Å². The first-order valence-electron chi connectivity index (χ1n) is 46.7. The molecule has 0 bridgehead atoms. The van der Waals surface area contributed by atoms with Gasteiger partial charge in [0.25, 0.3) is 0 Å². The van der Waals surface area contributed by atoms with Crippen molar-refractivity contribution in [2.75, 3.05) is 86.9 Å². The van der Waals surface area contributed by atoms with Crippen molar-refractivity contribution in [3.05, 3.63) is 445 Å². The number of hydrogen-bond donors (Lipinski definition) is 15. The van der Waals surface area contributed by atoms with Crippen LogP contribution in [0.4, 0.5) is 175 Å². The summed E-state index contributed by atoms with van der Waals surface area (Å²) in [5.41, 5.74) is 22.9. The quantitative estimate of drug-likeness (QED) is 0.0192. The van der Waals surface area contributed by atoms with Crippen molar-refractivity contribution in [2.24, 2.45) is 0 Å². The lowest BCUT2D eigenvalue weighted by Crippen LogP contribution is -2.08. The lowest BCUT2D eigenvalue weighted by Gasteiger charge is -2.14. The maximum absolute atomic E-state index is 5.22. The molecule has 720 valence electrons. The van der Waals surface area contributed by atoms with E-state index in [0.717, 1.165) is 119 Å². The maximum Gasteiger partial charge on any atom is 0.233 e. The van der Waals surface area contributed by atoms with Gasteiger partial charge in [0, 0.05) is 85.3 Å². The van der Waals surface area contributed by atoms with Gasteiger partial charge in [-0.25, -0.2) is 0 Å². The van der Waals surface area contributed by atoms with Crippen molar-refractivity contribution in [2.45, 2.75) is 55.4 Å². The van der Waals surface area contributed by atoms with Crippen LogP contribution in [0.3, 0.4) is 0 Å². The Labute approximate surface area is 841 Å². The van der Waals surface area contributed by atoms with E-state index in [-0.39, 0.29) is 0 Å². The number of para-hydroxylation sites is 10. The highest BCUT2D eigenvalue weighted by molar-refractivity contribution is 5.72. The number of aromatic nitrogens is 15. The number of benzene rings is 15. The topological polar surface area (TPSA) is 383 Å². The molecule has 0 amide bonds. The molecule has 15 N–H and O–H groups in total. The minimum absolute atomic E-state index is 0.421. The lowest BCUT2D eigenvalue weighted by atomic mass is 10.1. The second-order valence-electron chi connectivity index (χ2n) is 33.0. The van der Waals surface area contributed by atoms with E-state index in [0.29, 0.717) is 89.2 Å². The van der Waals surface area contributed by atoms with E-state index in [1.54, 1.807) is 7.11 Å². The van der Waals surface area contributed by atoms with E-state index >= 15 is 0 Å². The average Bonchev–Trinajstić information content (AvgIpc) is 0.830. The summed E-state index contributed by atoms with van der Waals surface area (Å²) in [5.74, 6) is 7.56. The van der Waals surface area contributed by atoms with Gasteiger partial charge in [0.1, 0.15) is 5.75 Å². The van der Waals surface area contributed by atoms with Gasteiger partial charge in [-0.2, -0.15) is 74.8 Å². The van der Waals surface area contributed by atoms with Gasteiger partial charge in [0.2, 0.25) is 89.2 Å². The average molecular weight is 1910 g/mol. The minimum atomic E-state index is 0.421. The SMILES string of the molecule is COc1ccc(Nc2nc(Nc3ccc(C)cc3)nc(Nc3ccc(C)cc3)n2)cc1.Cc1cccc(C)c1Nc1nc(Nc2ccccc2)nc(Nc2ccccc2)n1.Cc1cccc(Nc2nc(Nc3ccccc3)nc(Nc3ccccc3)n2)c1.Cc1cccc(Nc2nc(Nc3ccccc3)nc(Nc3ccccc3)n2)c1C.Cc1ccccc1Nc1nc(Nc2ccccc2)nc(Nc2ccccc2)n1. The zero-order valence-electron chi connectivity index (χ0n) is 81.2. The number of hydrogen-bond acceptors (Lipinski definition) is 31. The van der Waals surface area contributed by atoms with Crippen LogP contribution in [-0.4, -0.2) is 81.9 Å². The monoisotopic (exact) mass is 1910 g/mol. The van der Waals surface area contributed by atoms with Gasteiger partial charge in [-0.1, -0.05) is 242 Å². The second-order valence-corrected chi connectivity index (χ2v) is 33.0. The first-order valence-corrected chi connectivity index (χ1v) is 46.7. The van der Waals surface area contributed by atoms with Gasteiger partial charge < -0.3 is 84.5 Å². The smallest absolute Gasteiger partial charge is 0.233 e. The molecular weight excluding hydrogens is 1810 g/mol. The fourth-order valence-electron chi connectivity index (χ4n) is 14.1. The zero-order valence-corrected chi connectivity index (χ0v) is 81.2. The summed E-state index contributed by atoms with van der Waals surface area (Å²) in [6, 6.07) is 130. The summed E-state index contributed by atoms with van der Waals surface area (Å²) in [4.78, 5) is 67.9. The van der Waals surface area contributed by atoms with Gasteiger partial charge >= 0.3 is 0 Å². The van der Waals surface area contributed by atoms with Crippen LogP contribution in [0.1, 0.15) is 44.5 Å². The Bertz CT molecular complexity index is 7190. The molecule has 31 nitrogen and oxygen atoms in total. The highest BCUT2D eigenvalue weighted by Gasteiger charge is 2.18. The van der Waals surface area contributed by atoms with Crippen LogP contribution in [0.2, 0.25) is 0 Å². The van der Waals surface area contributed by atoms with Crippen LogP contribution in [0, 0.1) is 55.4 Å². The maximum atomic E-state index is 5.22. The highest BCUT2D eigenvalue weighted by Crippen LogP contribution is 2.32. The molecule has 5 heterocycles. The van der Waals surface area contributed by atoms with Gasteiger partial charge in [-0.05, 0) is 259 Å². The van der Waals surface area contributed by atoms with Crippen LogP contribution in [-0.2, 0) is 0 Å². The number of anilines is 30. The van der Waals surface area contributed by atoms with Gasteiger partial charge in [-0.3, -0.25) is 0 Å². The van der Waals surface area contributed by atoms with E-state index in [1.807, 2.05) is 410 Å². The van der Waals surface area contributed by atoms with Crippen molar-refractivity contribution in [3.63, 3.8) is 0 Å². The fourth-order valence-corrected chi connectivity index (χ4v) is 14.1. The fraction of sp³-hybridized carbons (Fsp3) is 0.0789. The number of rotatable bonds is 31. The summed E-state index contributed by atoms with van der Waals surface area (Å²) in [7, 11) is 1.64. The molecule has 0 fully saturated rings. The van der Waals surface area contributed by atoms with Gasteiger partial charge in [0.05, 0.1) is 7.11 Å². The zero-order chi connectivity index (χ0) is 100. The third-order valence-electron chi connectivity index (χ3n) is 21.6. The molecule has 0 aliphatic rings. The first-order chi connectivity index (χ1) is 70.9. The molecular formula is C114H108N30O. The van der Waals surface area contributed by atoms with Crippen LogP contribution in [0.5, 0.6) is 5.75 Å². The van der Waals surface area contributed by atoms with Crippen LogP contribution in [0.15, 0.2) is 400 Å².